The second-order valence-corrected chi connectivity index (χ2v) is 11.7. The Hall–Kier alpha value is -3.68. The van der Waals surface area contributed by atoms with Gasteiger partial charge in [-0.1, -0.05) is 55.5 Å². The first kappa shape index (κ1) is 25.9. The zero-order chi connectivity index (χ0) is 26.9. The standard InChI is InChI=1S/C31H33N3O3S/c1-4-30(35)32-26-13-15-27(16-14-26)38(36,37)33-19-17-24(18-20-33)31-23(3)34(29-12-8-7-11-28(29)31)21-25-10-6-5-9-22(25)2/h5-17H,4,18-21H2,1-3H3,(H,32,35). The van der Waals surface area contributed by atoms with E-state index in [0.29, 0.717) is 31.6 Å². The second kappa shape index (κ2) is 10.6. The predicted molar refractivity (Wildman–Crippen MR) is 154 cm³/mol. The lowest BCUT2D eigenvalue weighted by atomic mass is 9.97. The highest BCUT2D eigenvalue weighted by atomic mass is 32.2. The Morgan fingerprint density at radius 2 is 1.66 bits per heavy atom. The minimum absolute atomic E-state index is 0.107. The molecule has 5 rings (SSSR count). The number of hydrogen-bond donors (Lipinski definition) is 1. The van der Waals surface area contributed by atoms with Crippen LogP contribution in [-0.2, 0) is 21.4 Å². The van der Waals surface area contributed by atoms with E-state index in [1.807, 2.05) is 0 Å². The van der Waals surface area contributed by atoms with Gasteiger partial charge in [-0.05, 0) is 67.3 Å². The first-order valence-electron chi connectivity index (χ1n) is 13.0. The van der Waals surface area contributed by atoms with Crippen molar-refractivity contribution in [1.82, 2.24) is 8.87 Å². The molecule has 1 amide bonds. The van der Waals surface area contributed by atoms with E-state index in [9.17, 15) is 13.2 Å². The molecular formula is C31H33N3O3S. The number of nitrogens with one attached hydrogen (secondary N) is 1. The fraction of sp³-hybridized carbons (Fsp3) is 0.258. The number of nitrogens with zero attached hydrogens (tertiary/aromatic N) is 2. The lowest BCUT2D eigenvalue weighted by Gasteiger charge is -2.26. The third-order valence-corrected chi connectivity index (χ3v) is 9.29. The maximum atomic E-state index is 13.3. The van der Waals surface area contributed by atoms with E-state index >= 15 is 0 Å². The summed E-state index contributed by atoms with van der Waals surface area (Å²) in [5.41, 5.74) is 7.93. The van der Waals surface area contributed by atoms with Gasteiger partial charge < -0.3 is 9.88 Å². The van der Waals surface area contributed by atoms with Crippen LogP contribution in [0, 0.1) is 13.8 Å². The number of fused-ring (bicyclic) bond motifs is 1. The van der Waals surface area contributed by atoms with Crippen molar-refractivity contribution in [2.24, 2.45) is 0 Å². The second-order valence-electron chi connectivity index (χ2n) is 9.76. The van der Waals surface area contributed by atoms with Gasteiger partial charge >= 0.3 is 0 Å². The number of carbonyl (C=O) groups excluding carboxylic acids is 1. The summed E-state index contributed by atoms with van der Waals surface area (Å²) >= 11 is 0. The number of aromatic nitrogens is 1. The Bertz CT molecular complexity index is 1630. The van der Waals surface area contributed by atoms with Crippen molar-refractivity contribution in [2.75, 3.05) is 18.4 Å². The van der Waals surface area contributed by atoms with Gasteiger partial charge in [-0.25, -0.2) is 8.42 Å². The van der Waals surface area contributed by atoms with E-state index in [1.165, 1.54) is 43.2 Å². The summed E-state index contributed by atoms with van der Waals surface area (Å²) in [7, 11) is -3.64. The van der Waals surface area contributed by atoms with Gasteiger partial charge in [0.2, 0.25) is 15.9 Å². The van der Waals surface area contributed by atoms with Gasteiger partial charge in [0.15, 0.2) is 0 Å². The third-order valence-electron chi connectivity index (χ3n) is 7.41. The monoisotopic (exact) mass is 527 g/mol. The molecule has 0 unspecified atom stereocenters. The summed E-state index contributed by atoms with van der Waals surface area (Å²) in [5, 5.41) is 3.95. The van der Waals surface area contributed by atoms with Gasteiger partial charge in [0.1, 0.15) is 0 Å². The van der Waals surface area contributed by atoms with Gasteiger partial charge in [0.05, 0.1) is 4.90 Å². The highest BCUT2D eigenvalue weighted by Crippen LogP contribution is 2.36. The SMILES string of the molecule is CCC(=O)Nc1ccc(S(=O)(=O)N2CC=C(c3c(C)n(Cc4ccccc4C)c4ccccc34)CC2)cc1. The third kappa shape index (κ3) is 4.91. The molecule has 38 heavy (non-hydrogen) atoms. The van der Waals surface area contributed by atoms with Gasteiger partial charge in [0, 0.05) is 53.9 Å². The number of anilines is 1. The molecule has 0 saturated heterocycles. The molecule has 1 N–H and O–H groups in total. The van der Waals surface area contributed by atoms with Crippen LogP contribution in [0.1, 0.15) is 42.1 Å². The lowest BCUT2D eigenvalue weighted by molar-refractivity contribution is -0.115. The Labute approximate surface area is 224 Å². The van der Waals surface area contributed by atoms with Crippen LogP contribution in [0.15, 0.2) is 83.8 Å². The first-order valence-corrected chi connectivity index (χ1v) is 14.5. The molecule has 4 aromatic rings. The molecule has 6 nitrogen and oxygen atoms in total. The fourth-order valence-electron chi connectivity index (χ4n) is 5.20. The molecule has 1 aliphatic rings. The smallest absolute Gasteiger partial charge is 0.243 e. The number of rotatable bonds is 7. The van der Waals surface area contributed by atoms with Crippen LogP contribution < -0.4 is 5.32 Å². The van der Waals surface area contributed by atoms with E-state index < -0.39 is 10.0 Å². The Balaban J connectivity index is 1.42. The summed E-state index contributed by atoms with van der Waals surface area (Å²) in [6.45, 7) is 7.61. The zero-order valence-electron chi connectivity index (χ0n) is 22.1. The molecule has 196 valence electrons. The number of sulfonamides is 1. The topological polar surface area (TPSA) is 71.4 Å². The van der Waals surface area contributed by atoms with Crippen molar-refractivity contribution in [2.45, 2.75) is 45.1 Å². The number of amides is 1. The first-order chi connectivity index (χ1) is 18.3. The minimum atomic E-state index is -3.64. The average molecular weight is 528 g/mol. The van der Waals surface area contributed by atoms with E-state index in [0.717, 1.165) is 6.54 Å². The zero-order valence-corrected chi connectivity index (χ0v) is 22.9. The highest BCUT2D eigenvalue weighted by Gasteiger charge is 2.28. The molecule has 0 saturated carbocycles. The predicted octanol–water partition coefficient (Wildman–Crippen LogP) is 6.13. The van der Waals surface area contributed by atoms with E-state index in [2.05, 4.69) is 78.3 Å². The number of benzene rings is 3. The fourth-order valence-corrected chi connectivity index (χ4v) is 6.58. The molecule has 0 radical (unpaired) electrons. The summed E-state index contributed by atoms with van der Waals surface area (Å²) in [5.74, 6) is -0.107. The molecule has 0 aliphatic carbocycles. The van der Waals surface area contributed by atoms with Crippen molar-refractivity contribution >= 4 is 38.1 Å². The maximum absolute atomic E-state index is 13.3. The van der Waals surface area contributed by atoms with Crippen LogP contribution in [-0.4, -0.2) is 36.3 Å². The van der Waals surface area contributed by atoms with Crippen LogP contribution >= 0.6 is 0 Å². The van der Waals surface area contributed by atoms with E-state index in [1.54, 1.807) is 31.2 Å². The molecule has 0 spiro atoms. The number of para-hydroxylation sites is 1. The van der Waals surface area contributed by atoms with Crippen molar-refractivity contribution in [3.05, 3.63) is 101 Å². The normalized spacial score (nSPS) is 14.4. The van der Waals surface area contributed by atoms with E-state index in [-0.39, 0.29) is 10.8 Å². The molecule has 3 aromatic carbocycles. The Kier molecular flexibility index (Phi) is 7.23. The molecule has 0 atom stereocenters. The Morgan fingerprint density at radius 3 is 2.34 bits per heavy atom. The molecular weight excluding hydrogens is 494 g/mol. The van der Waals surface area contributed by atoms with Crippen LogP contribution in [0.5, 0.6) is 0 Å². The maximum Gasteiger partial charge on any atom is 0.243 e. The average Bonchev–Trinajstić information content (AvgIpc) is 3.21. The largest absolute Gasteiger partial charge is 0.340 e. The van der Waals surface area contributed by atoms with Crippen molar-refractivity contribution in [3.63, 3.8) is 0 Å². The van der Waals surface area contributed by atoms with Gasteiger partial charge in [-0.15, -0.1) is 0 Å². The van der Waals surface area contributed by atoms with Crippen molar-refractivity contribution in [1.29, 1.82) is 0 Å². The molecule has 1 aromatic heterocycles. The van der Waals surface area contributed by atoms with Gasteiger partial charge in [-0.2, -0.15) is 4.31 Å². The molecule has 2 heterocycles. The van der Waals surface area contributed by atoms with Gasteiger partial charge in [-0.3, -0.25) is 4.79 Å². The minimum Gasteiger partial charge on any atom is -0.340 e. The van der Waals surface area contributed by atoms with Crippen LogP contribution in [0.25, 0.3) is 16.5 Å². The van der Waals surface area contributed by atoms with Gasteiger partial charge in [0.25, 0.3) is 0 Å². The Morgan fingerprint density at radius 1 is 0.947 bits per heavy atom. The number of carbonyl (C=O) groups is 1. The molecule has 0 bridgehead atoms. The van der Waals surface area contributed by atoms with Crippen LogP contribution in [0.4, 0.5) is 5.69 Å². The summed E-state index contributed by atoms with van der Waals surface area (Å²) in [4.78, 5) is 11.9. The molecule has 1 aliphatic heterocycles. The van der Waals surface area contributed by atoms with Crippen molar-refractivity contribution in [3.8, 4) is 0 Å². The quantitative estimate of drug-likeness (QED) is 0.314. The molecule has 0 fully saturated rings. The summed E-state index contributed by atoms with van der Waals surface area (Å²) < 4.78 is 30.6. The van der Waals surface area contributed by atoms with Crippen LogP contribution in [0.3, 0.4) is 0 Å². The molecule has 7 heteroatoms. The number of aryl methyl sites for hydroxylation is 1. The summed E-state index contributed by atoms with van der Waals surface area (Å²) in [6, 6.07) is 23.3. The lowest BCUT2D eigenvalue weighted by Crippen LogP contribution is -2.34. The van der Waals surface area contributed by atoms with Crippen molar-refractivity contribution < 1.29 is 13.2 Å². The summed E-state index contributed by atoms with van der Waals surface area (Å²) in [6.07, 6.45) is 3.07. The highest BCUT2D eigenvalue weighted by molar-refractivity contribution is 7.89. The van der Waals surface area contributed by atoms with E-state index in [4.69, 9.17) is 0 Å². The number of hydrogen-bond acceptors (Lipinski definition) is 3. The van der Waals surface area contributed by atoms with Crippen LogP contribution in [0.2, 0.25) is 0 Å².